The van der Waals surface area contributed by atoms with Crippen molar-refractivity contribution in [1.29, 1.82) is 0 Å². The van der Waals surface area contributed by atoms with Gasteiger partial charge in [0.1, 0.15) is 0 Å². The summed E-state index contributed by atoms with van der Waals surface area (Å²) in [5, 5.41) is 12.9. The Balaban J connectivity index is 2.83. The molecule has 0 aliphatic heterocycles. The second kappa shape index (κ2) is 4.17. The highest BCUT2D eigenvalue weighted by Crippen LogP contribution is 2.29. The molecule has 2 rings (SSSR count). The van der Waals surface area contributed by atoms with E-state index >= 15 is 0 Å². The number of fused-ring (bicyclic) bond motifs is 1. The Kier molecular flexibility index (Phi) is 2.84. The normalized spacial score (nSPS) is 10.8. The molecule has 0 aliphatic carbocycles. The third kappa shape index (κ3) is 2.00. The van der Waals surface area contributed by atoms with Gasteiger partial charge in [0.2, 0.25) is 6.54 Å². The number of rotatable bonds is 2. The third-order valence-corrected chi connectivity index (χ3v) is 3.17. The minimum atomic E-state index is -0.272. The Labute approximate surface area is 100 Å². The lowest BCUT2D eigenvalue weighted by molar-refractivity contribution is -0.496. The summed E-state index contributed by atoms with van der Waals surface area (Å²) in [5.74, 6) is 0. The molecule has 0 radical (unpaired) electrons. The Morgan fingerprint density at radius 1 is 0.941 bits per heavy atom. The molecule has 0 heterocycles. The predicted octanol–water partition coefficient (Wildman–Crippen LogP) is 3.54. The molecule has 88 valence electrons. The van der Waals surface area contributed by atoms with Crippen molar-refractivity contribution in [3.8, 4) is 0 Å². The van der Waals surface area contributed by atoms with E-state index in [1.54, 1.807) is 0 Å². The average Bonchev–Trinajstić information content (AvgIpc) is 2.25. The van der Waals surface area contributed by atoms with E-state index in [0.29, 0.717) is 0 Å². The van der Waals surface area contributed by atoms with Crippen molar-refractivity contribution in [2.45, 2.75) is 27.3 Å². The van der Waals surface area contributed by atoms with Gasteiger partial charge in [-0.25, -0.2) is 0 Å². The van der Waals surface area contributed by atoms with Crippen molar-refractivity contribution >= 4 is 10.8 Å². The molecule has 0 unspecified atom stereocenters. The summed E-state index contributed by atoms with van der Waals surface area (Å²) >= 11 is 0. The smallest absolute Gasteiger partial charge is 0.229 e. The third-order valence-electron chi connectivity index (χ3n) is 3.17. The molecule has 0 saturated heterocycles. The highest BCUT2D eigenvalue weighted by Gasteiger charge is 2.12. The standard InChI is InChI=1S/C14H15NO2/c1-9-4-5-11(3)14-12(8-15(16)17)7-6-10(2)13(9)14/h4-7H,8H2,1-3H3. The lowest BCUT2D eigenvalue weighted by Crippen LogP contribution is -2.01. The summed E-state index contributed by atoms with van der Waals surface area (Å²) in [6.45, 7) is 5.99. The summed E-state index contributed by atoms with van der Waals surface area (Å²) < 4.78 is 0. The molecule has 3 heteroatoms. The van der Waals surface area contributed by atoms with Gasteiger partial charge >= 0.3 is 0 Å². The minimum Gasteiger partial charge on any atom is -0.264 e. The second-order valence-electron chi connectivity index (χ2n) is 4.48. The van der Waals surface area contributed by atoms with Crippen LogP contribution < -0.4 is 0 Å². The lowest BCUT2D eigenvalue weighted by atomic mass is 9.93. The molecular weight excluding hydrogens is 214 g/mol. The number of aryl methyl sites for hydroxylation is 3. The van der Waals surface area contributed by atoms with Gasteiger partial charge in [-0.05, 0) is 48.2 Å². The van der Waals surface area contributed by atoms with Crippen LogP contribution in [0.2, 0.25) is 0 Å². The van der Waals surface area contributed by atoms with Crippen molar-refractivity contribution < 1.29 is 4.92 Å². The number of hydrogen-bond donors (Lipinski definition) is 0. The van der Waals surface area contributed by atoms with Crippen molar-refractivity contribution in [3.63, 3.8) is 0 Å². The van der Waals surface area contributed by atoms with Gasteiger partial charge in [0.15, 0.2) is 0 Å². The molecule has 2 aromatic carbocycles. The van der Waals surface area contributed by atoms with Crippen LogP contribution in [0, 0.1) is 30.9 Å². The first-order chi connectivity index (χ1) is 8.00. The maximum atomic E-state index is 10.7. The van der Waals surface area contributed by atoms with E-state index in [4.69, 9.17) is 0 Å². The molecule has 0 atom stereocenters. The number of benzene rings is 2. The molecule has 17 heavy (non-hydrogen) atoms. The van der Waals surface area contributed by atoms with Gasteiger partial charge in [0.25, 0.3) is 0 Å². The number of nitrogens with zero attached hydrogens (tertiary/aromatic N) is 1. The largest absolute Gasteiger partial charge is 0.264 e. The first-order valence-electron chi connectivity index (χ1n) is 5.61. The van der Waals surface area contributed by atoms with Crippen LogP contribution in [0.3, 0.4) is 0 Å². The SMILES string of the molecule is Cc1ccc(C)c2c(C[N+](=O)[O-])ccc(C)c12. The molecule has 0 fully saturated rings. The van der Waals surface area contributed by atoms with Crippen LogP contribution in [0.1, 0.15) is 22.3 Å². The molecule has 0 aliphatic rings. The van der Waals surface area contributed by atoms with Gasteiger partial charge in [-0.3, -0.25) is 10.1 Å². The first kappa shape index (κ1) is 11.6. The molecule has 0 aromatic heterocycles. The Hall–Kier alpha value is -1.90. The molecule has 0 saturated carbocycles. The van der Waals surface area contributed by atoms with Gasteiger partial charge in [0, 0.05) is 10.5 Å². The summed E-state index contributed by atoms with van der Waals surface area (Å²) in [5.41, 5.74) is 4.25. The Morgan fingerprint density at radius 3 is 1.94 bits per heavy atom. The topological polar surface area (TPSA) is 43.1 Å². The van der Waals surface area contributed by atoms with E-state index in [-0.39, 0.29) is 11.5 Å². The van der Waals surface area contributed by atoms with Crippen LogP contribution in [-0.2, 0) is 6.54 Å². The first-order valence-corrected chi connectivity index (χ1v) is 5.61. The van der Waals surface area contributed by atoms with E-state index < -0.39 is 0 Å². The van der Waals surface area contributed by atoms with Crippen LogP contribution in [0.15, 0.2) is 24.3 Å². The van der Waals surface area contributed by atoms with Crippen molar-refractivity contribution in [1.82, 2.24) is 0 Å². The zero-order valence-corrected chi connectivity index (χ0v) is 10.3. The van der Waals surface area contributed by atoms with Crippen LogP contribution in [0.5, 0.6) is 0 Å². The van der Waals surface area contributed by atoms with Crippen LogP contribution in [-0.4, -0.2) is 4.92 Å². The van der Waals surface area contributed by atoms with Gasteiger partial charge in [-0.2, -0.15) is 0 Å². The van der Waals surface area contributed by atoms with E-state index in [1.165, 1.54) is 11.1 Å². The maximum Gasteiger partial charge on any atom is 0.229 e. The zero-order valence-electron chi connectivity index (χ0n) is 10.3. The molecule has 2 aromatic rings. The van der Waals surface area contributed by atoms with E-state index in [0.717, 1.165) is 21.9 Å². The fourth-order valence-corrected chi connectivity index (χ4v) is 2.40. The fourth-order valence-electron chi connectivity index (χ4n) is 2.40. The van der Waals surface area contributed by atoms with E-state index in [2.05, 4.69) is 6.07 Å². The van der Waals surface area contributed by atoms with E-state index in [1.807, 2.05) is 39.0 Å². The number of hydrogen-bond acceptors (Lipinski definition) is 2. The summed E-state index contributed by atoms with van der Waals surface area (Å²) in [4.78, 5) is 10.4. The molecular formula is C14H15NO2. The fraction of sp³-hybridized carbons (Fsp3) is 0.286. The van der Waals surface area contributed by atoms with Crippen LogP contribution >= 0.6 is 0 Å². The van der Waals surface area contributed by atoms with Gasteiger partial charge < -0.3 is 0 Å². The lowest BCUT2D eigenvalue weighted by Gasteiger charge is -2.11. The highest BCUT2D eigenvalue weighted by atomic mass is 16.6. The number of nitro groups is 1. The highest BCUT2D eigenvalue weighted by molar-refractivity contribution is 5.93. The maximum absolute atomic E-state index is 10.7. The van der Waals surface area contributed by atoms with Crippen molar-refractivity contribution in [2.24, 2.45) is 0 Å². The molecule has 0 N–H and O–H groups in total. The molecule has 0 bridgehead atoms. The van der Waals surface area contributed by atoms with Gasteiger partial charge in [-0.15, -0.1) is 0 Å². The summed E-state index contributed by atoms with van der Waals surface area (Å²) in [7, 11) is 0. The molecule has 0 amide bonds. The molecule has 3 nitrogen and oxygen atoms in total. The summed E-state index contributed by atoms with van der Waals surface area (Å²) in [6, 6.07) is 7.93. The van der Waals surface area contributed by atoms with Gasteiger partial charge in [-0.1, -0.05) is 24.3 Å². The van der Waals surface area contributed by atoms with E-state index in [9.17, 15) is 10.1 Å². The second-order valence-corrected chi connectivity index (χ2v) is 4.48. The monoisotopic (exact) mass is 229 g/mol. The molecule has 0 spiro atoms. The summed E-state index contributed by atoms with van der Waals surface area (Å²) in [6.07, 6.45) is 0. The minimum absolute atomic E-state index is 0.110. The van der Waals surface area contributed by atoms with Crippen molar-refractivity contribution in [3.05, 3.63) is 56.6 Å². The van der Waals surface area contributed by atoms with Crippen molar-refractivity contribution in [2.75, 3.05) is 0 Å². The Bertz CT molecular complexity index is 594. The average molecular weight is 229 g/mol. The van der Waals surface area contributed by atoms with Crippen LogP contribution in [0.25, 0.3) is 10.8 Å². The zero-order chi connectivity index (χ0) is 12.6. The quantitative estimate of drug-likeness (QED) is 0.584. The van der Waals surface area contributed by atoms with Gasteiger partial charge in [0.05, 0.1) is 0 Å². The van der Waals surface area contributed by atoms with Crippen LogP contribution in [0.4, 0.5) is 0 Å². The predicted molar refractivity (Wildman–Crippen MR) is 68.9 cm³/mol. The Morgan fingerprint density at radius 2 is 1.41 bits per heavy atom.